The summed E-state index contributed by atoms with van der Waals surface area (Å²) >= 11 is 6.19. The van der Waals surface area contributed by atoms with Crippen LogP contribution in [0.25, 0.3) is 11.0 Å². The molecule has 37 heavy (non-hydrogen) atoms. The molecular formula is C22H29ClN5O8P. The van der Waals surface area contributed by atoms with Crippen LogP contribution in [-0.2, 0) is 14.0 Å². The molecule has 3 heterocycles. The van der Waals surface area contributed by atoms with E-state index in [1.165, 1.54) is 10.9 Å². The van der Waals surface area contributed by atoms with Crippen molar-refractivity contribution in [1.29, 1.82) is 0 Å². The molecule has 3 aromatic rings. The van der Waals surface area contributed by atoms with Crippen molar-refractivity contribution in [2.75, 3.05) is 18.5 Å². The van der Waals surface area contributed by atoms with Crippen molar-refractivity contribution in [3.8, 4) is 0 Å². The third kappa shape index (κ3) is 5.51. The molecule has 202 valence electrons. The number of nitrogens with one attached hydrogen (secondary N) is 1. The van der Waals surface area contributed by atoms with Crippen molar-refractivity contribution in [1.82, 2.24) is 19.7 Å². The Bertz CT molecular complexity index is 1300. The molecular weight excluding hydrogens is 529 g/mol. The van der Waals surface area contributed by atoms with Crippen LogP contribution >= 0.6 is 19.2 Å². The number of rotatable bonds is 9. The highest BCUT2D eigenvalue weighted by atomic mass is 35.5. The zero-order valence-corrected chi connectivity index (χ0v) is 21.9. The predicted octanol–water partition coefficient (Wildman–Crippen LogP) is 1.48. The number of aryl methyl sites for hydroxylation is 1. The molecule has 13 nitrogen and oxygen atoms in total. The van der Waals surface area contributed by atoms with Crippen LogP contribution < -0.4 is 5.32 Å². The van der Waals surface area contributed by atoms with Crippen LogP contribution in [0.4, 0.5) is 5.82 Å². The third-order valence-electron chi connectivity index (χ3n) is 6.40. The molecule has 1 aliphatic heterocycles. The zero-order valence-electron chi connectivity index (χ0n) is 20.3. The van der Waals surface area contributed by atoms with Gasteiger partial charge < -0.3 is 39.9 Å². The Morgan fingerprint density at radius 2 is 1.92 bits per heavy atom. The fourth-order valence-corrected chi connectivity index (χ4v) is 4.48. The second-order valence-corrected chi connectivity index (χ2v) is 11.6. The van der Waals surface area contributed by atoms with E-state index in [1.807, 2.05) is 38.1 Å². The number of fused-ring (bicyclic) bond motifs is 1. The molecule has 0 saturated carbocycles. The Labute approximate surface area is 217 Å². The van der Waals surface area contributed by atoms with Gasteiger partial charge in [0, 0.05) is 6.04 Å². The Balaban J connectivity index is 1.57. The van der Waals surface area contributed by atoms with Gasteiger partial charge in [-0.25, -0.2) is 4.68 Å². The SMILES string of the molecule is Cc1ccc([C@H](C)Nc2nc(Cl)nc3c2cnn3[C@@H]2O[C@H](COC(C)(CO)P(=O)(O)O)[C@@H](O)[C@H]2O)cc1. The first-order valence-corrected chi connectivity index (χ1v) is 13.4. The summed E-state index contributed by atoms with van der Waals surface area (Å²) in [6.45, 7) is 3.50. The van der Waals surface area contributed by atoms with E-state index in [2.05, 4.69) is 20.4 Å². The van der Waals surface area contributed by atoms with E-state index in [0.717, 1.165) is 18.1 Å². The van der Waals surface area contributed by atoms with Crippen molar-refractivity contribution >= 4 is 36.0 Å². The number of nitrogens with zero attached hydrogens (tertiary/aromatic N) is 4. The number of halogens is 1. The first-order chi connectivity index (χ1) is 17.3. The minimum atomic E-state index is -4.85. The van der Waals surface area contributed by atoms with E-state index >= 15 is 0 Å². The maximum Gasteiger partial charge on any atom is 0.359 e. The van der Waals surface area contributed by atoms with Gasteiger partial charge in [0.1, 0.15) is 24.1 Å². The summed E-state index contributed by atoms with van der Waals surface area (Å²) in [7, 11) is -4.85. The van der Waals surface area contributed by atoms with E-state index in [-0.39, 0.29) is 17.0 Å². The summed E-state index contributed by atoms with van der Waals surface area (Å²) in [5, 5.41) is 36.4. The predicted molar refractivity (Wildman–Crippen MR) is 133 cm³/mol. The number of aromatic nitrogens is 4. The van der Waals surface area contributed by atoms with Crippen molar-refractivity contribution in [3.63, 3.8) is 0 Å². The van der Waals surface area contributed by atoms with Crippen LogP contribution in [0.2, 0.25) is 5.28 Å². The molecule has 15 heteroatoms. The van der Waals surface area contributed by atoms with Crippen LogP contribution in [-0.4, -0.2) is 81.7 Å². The summed E-state index contributed by atoms with van der Waals surface area (Å²) in [6, 6.07) is 7.86. The van der Waals surface area contributed by atoms with Gasteiger partial charge in [-0.2, -0.15) is 15.1 Å². The van der Waals surface area contributed by atoms with Gasteiger partial charge in [-0.15, -0.1) is 0 Å². The first kappa shape index (κ1) is 27.8. The topological polar surface area (TPSA) is 192 Å². The molecule has 0 amide bonds. The van der Waals surface area contributed by atoms with Crippen molar-refractivity contribution in [2.45, 2.75) is 56.7 Å². The summed E-state index contributed by atoms with van der Waals surface area (Å²) in [5.41, 5.74) is 2.38. The highest BCUT2D eigenvalue weighted by Gasteiger charge is 2.48. The lowest BCUT2D eigenvalue weighted by Gasteiger charge is -2.29. The highest BCUT2D eigenvalue weighted by Crippen LogP contribution is 2.51. The molecule has 1 saturated heterocycles. The molecule has 1 aliphatic rings. The summed E-state index contributed by atoms with van der Waals surface area (Å²) in [5.74, 6) is 0.405. The lowest BCUT2D eigenvalue weighted by Crippen LogP contribution is -2.39. The van der Waals surface area contributed by atoms with Crippen LogP contribution in [0.15, 0.2) is 30.5 Å². The number of benzene rings is 1. The molecule has 0 spiro atoms. The summed E-state index contributed by atoms with van der Waals surface area (Å²) in [4.78, 5) is 27.5. The third-order valence-corrected chi connectivity index (χ3v) is 8.08. The van der Waals surface area contributed by atoms with Gasteiger partial charge in [-0.1, -0.05) is 29.8 Å². The van der Waals surface area contributed by atoms with Gasteiger partial charge in [0.25, 0.3) is 0 Å². The van der Waals surface area contributed by atoms with Gasteiger partial charge in [-0.3, -0.25) is 4.57 Å². The Morgan fingerprint density at radius 3 is 2.54 bits per heavy atom. The zero-order chi connectivity index (χ0) is 27.1. The van der Waals surface area contributed by atoms with E-state index in [0.29, 0.717) is 11.2 Å². The van der Waals surface area contributed by atoms with Crippen molar-refractivity contribution in [2.24, 2.45) is 0 Å². The molecule has 6 atom stereocenters. The maximum absolute atomic E-state index is 11.7. The summed E-state index contributed by atoms with van der Waals surface area (Å²) < 4.78 is 23.9. The fraction of sp³-hybridized carbons (Fsp3) is 0.500. The minimum absolute atomic E-state index is 0.0823. The average molecular weight is 558 g/mol. The molecule has 1 unspecified atom stereocenters. The fourth-order valence-electron chi connectivity index (χ4n) is 3.89. The Morgan fingerprint density at radius 1 is 1.24 bits per heavy atom. The minimum Gasteiger partial charge on any atom is -0.393 e. The van der Waals surface area contributed by atoms with Crippen LogP contribution in [0, 0.1) is 6.92 Å². The molecule has 0 aliphatic carbocycles. The lowest BCUT2D eigenvalue weighted by atomic mass is 10.1. The van der Waals surface area contributed by atoms with Gasteiger partial charge in [0.05, 0.1) is 24.8 Å². The van der Waals surface area contributed by atoms with E-state index in [9.17, 15) is 29.7 Å². The first-order valence-electron chi connectivity index (χ1n) is 11.4. The Kier molecular flexibility index (Phi) is 7.92. The van der Waals surface area contributed by atoms with Gasteiger partial charge in [0.2, 0.25) is 5.28 Å². The molecule has 2 aromatic heterocycles. The van der Waals surface area contributed by atoms with E-state index < -0.39 is 50.7 Å². The molecule has 0 bridgehead atoms. The quantitative estimate of drug-likeness (QED) is 0.164. The van der Waals surface area contributed by atoms with Crippen molar-refractivity contribution in [3.05, 3.63) is 46.9 Å². The van der Waals surface area contributed by atoms with Crippen molar-refractivity contribution < 1.29 is 39.1 Å². The second kappa shape index (κ2) is 10.5. The Hall–Kier alpha value is -2.19. The number of aliphatic hydroxyl groups is 3. The van der Waals surface area contributed by atoms with Crippen LogP contribution in [0.5, 0.6) is 0 Å². The van der Waals surface area contributed by atoms with Crippen LogP contribution in [0.3, 0.4) is 0 Å². The smallest absolute Gasteiger partial charge is 0.359 e. The normalized spacial score (nSPS) is 24.8. The van der Waals surface area contributed by atoms with Crippen LogP contribution in [0.1, 0.15) is 37.2 Å². The molecule has 1 fully saturated rings. The highest BCUT2D eigenvalue weighted by molar-refractivity contribution is 7.53. The van der Waals surface area contributed by atoms with E-state index in [4.69, 9.17) is 21.1 Å². The monoisotopic (exact) mass is 557 g/mol. The van der Waals surface area contributed by atoms with Gasteiger partial charge in [0.15, 0.2) is 17.2 Å². The standard InChI is InChI=1S/C22H29ClN5O8P/c1-11-4-6-13(7-5-11)12(2)25-18-14-8-24-28(19(14)27-21(23)26-18)20-17(31)16(30)15(36-20)9-35-22(3,10-29)37(32,33)34/h4-8,12,15-17,20,29-31H,9-10H2,1-3H3,(H,25,26,27)(H2,32,33,34)/t12-,15+,16+,17+,20+,22?/m0/s1. The number of ether oxygens (including phenoxy) is 2. The van der Waals surface area contributed by atoms with E-state index in [1.54, 1.807) is 0 Å². The molecule has 6 N–H and O–H groups in total. The van der Waals surface area contributed by atoms with Gasteiger partial charge in [-0.05, 0) is 37.9 Å². The largest absolute Gasteiger partial charge is 0.393 e. The molecule has 4 rings (SSSR count). The second-order valence-electron chi connectivity index (χ2n) is 9.18. The lowest BCUT2D eigenvalue weighted by molar-refractivity contribution is -0.104. The number of hydrogen-bond acceptors (Lipinski definition) is 10. The number of aliphatic hydroxyl groups excluding tert-OH is 3. The van der Waals surface area contributed by atoms with Gasteiger partial charge >= 0.3 is 7.60 Å². The number of hydrogen-bond donors (Lipinski definition) is 6. The maximum atomic E-state index is 11.7. The average Bonchev–Trinajstić information content (AvgIpc) is 3.38. The summed E-state index contributed by atoms with van der Waals surface area (Å²) in [6.07, 6.45) is -3.90. The molecule has 1 aromatic carbocycles. The molecule has 0 radical (unpaired) electrons. The number of anilines is 1.